The molecule has 76 heavy (non-hydrogen) atoms. The van der Waals surface area contributed by atoms with E-state index < -0.39 is 29.9 Å². The number of benzene rings is 2. The molecule has 0 saturated heterocycles. The van der Waals surface area contributed by atoms with Crippen molar-refractivity contribution in [1.29, 1.82) is 0 Å². The number of oxime groups is 1. The van der Waals surface area contributed by atoms with Crippen LogP contribution in [0.25, 0.3) is 0 Å². The van der Waals surface area contributed by atoms with Crippen molar-refractivity contribution in [3.63, 3.8) is 0 Å². The van der Waals surface area contributed by atoms with Gasteiger partial charge < -0.3 is 48.8 Å². The van der Waals surface area contributed by atoms with E-state index in [1.807, 2.05) is 30.3 Å². The molecule has 0 spiro atoms. The van der Waals surface area contributed by atoms with Gasteiger partial charge in [-0.1, -0.05) is 166 Å². The Balaban J connectivity index is 1.33. The molecule has 2 aliphatic carbocycles. The van der Waals surface area contributed by atoms with Crippen molar-refractivity contribution in [3.05, 3.63) is 71.8 Å². The fourth-order valence-electron chi connectivity index (χ4n) is 12.1. The zero-order chi connectivity index (χ0) is 53.8. The summed E-state index contributed by atoms with van der Waals surface area (Å²) >= 11 is 0. The smallest absolute Gasteiger partial charge is 0.412 e. The molecule has 2 aromatic carbocycles. The van der Waals surface area contributed by atoms with Crippen LogP contribution in [0.15, 0.2) is 65.9 Å². The minimum absolute atomic E-state index is 0.0121. The molecule has 2 amide bonds. The second-order valence-electron chi connectivity index (χ2n) is 21.6. The molecule has 0 aromatic heterocycles. The van der Waals surface area contributed by atoms with Gasteiger partial charge in [-0.2, -0.15) is 0 Å². The average molecular weight is 1060 g/mol. The number of rotatable bonds is 38. The van der Waals surface area contributed by atoms with Crippen LogP contribution in [0.5, 0.6) is 23.0 Å². The molecule has 0 bridgehead atoms. The highest BCUT2D eigenvalue weighted by Gasteiger charge is 2.66. The van der Waals surface area contributed by atoms with Crippen molar-refractivity contribution in [3.8, 4) is 23.0 Å². The van der Waals surface area contributed by atoms with Gasteiger partial charge in [0, 0.05) is 44.2 Å². The number of carbonyl (C=O) groups excluding carboxylic acids is 2. The van der Waals surface area contributed by atoms with E-state index in [9.17, 15) is 15.0 Å². The summed E-state index contributed by atoms with van der Waals surface area (Å²) in [6.45, 7) is 9.88. The molecule has 0 radical (unpaired) electrons. The van der Waals surface area contributed by atoms with Gasteiger partial charge in [0.15, 0.2) is 11.5 Å². The van der Waals surface area contributed by atoms with E-state index in [1.54, 1.807) is 17.0 Å². The Morgan fingerprint density at radius 2 is 1.41 bits per heavy atom. The van der Waals surface area contributed by atoms with Crippen molar-refractivity contribution in [2.45, 2.75) is 212 Å². The number of unbranched alkanes of at least 4 members (excludes halogenated alkanes) is 20. The van der Waals surface area contributed by atoms with Crippen LogP contribution >= 0.6 is 0 Å². The van der Waals surface area contributed by atoms with Crippen molar-refractivity contribution < 1.29 is 53.1 Å². The fraction of sp³-hybridized carbons (Fsp3) is 0.694. The van der Waals surface area contributed by atoms with E-state index >= 15 is 4.79 Å². The second-order valence-corrected chi connectivity index (χ2v) is 21.6. The molecule has 3 N–H and O–H groups in total. The number of fused-ring (bicyclic) bond motifs is 3. The first-order valence-corrected chi connectivity index (χ1v) is 29.7. The number of aliphatic hydroxyl groups is 2. The summed E-state index contributed by atoms with van der Waals surface area (Å²) in [6.07, 6.45) is 31.3. The van der Waals surface area contributed by atoms with E-state index in [0.717, 1.165) is 80.9 Å². The highest BCUT2D eigenvalue weighted by molar-refractivity contribution is 6.03. The molecular weight excluding hydrogens is 963 g/mol. The molecule has 4 aliphatic rings. The van der Waals surface area contributed by atoms with E-state index in [2.05, 4.69) is 31.8 Å². The summed E-state index contributed by atoms with van der Waals surface area (Å²) in [7, 11) is 1.54. The molecule has 2 aromatic rings. The second kappa shape index (κ2) is 33.5. The van der Waals surface area contributed by atoms with Crippen LogP contribution in [0.1, 0.15) is 204 Å². The summed E-state index contributed by atoms with van der Waals surface area (Å²) in [5.41, 5.74) is 3.25. The highest BCUT2D eigenvalue weighted by Crippen LogP contribution is 2.62. The van der Waals surface area contributed by atoms with Gasteiger partial charge in [-0.05, 0) is 91.8 Å². The van der Waals surface area contributed by atoms with Gasteiger partial charge in [0.1, 0.15) is 24.7 Å². The number of aliphatic hydroxyl groups excluding tert-OH is 2. The van der Waals surface area contributed by atoms with E-state index in [4.69, 9.17) is 38.4 Å². The zero-order valence-electron chi connectivity index (χ0n) is 46.7. The Morgan fingerprint density at radius 3 is 2.07 bits per heavy atom. The first-order valence-electron chi connectivity index (χ1n) is 29.7. The van der Waals surface area contributed by atoms with Crippen molar-refractivity contribution in [2.24, 2.45) is 22.9 Å². The lowest BCUT2D eigenvalue weighted by molar-refractivity contribution is -0.256. The normalized spacial score (nSPS) is 21.5. The number of nitrogens with zero attached hydrogens (tertiary/aromatic N) is 2. The van der Waals surface area contributed by atoms with Gasteiger partial charge in [-0.3, -0.25) is 4.90 Å². The van der Waals surface area contributed by atoms with Crippen LogP contribution in [0.4, 0.5) is 9.59 Å². The Hall–Kier alpha value is -4.79. The van der Waals surface area contributed by atoms with Crippen molar-refractivity contribution >= 4 is 17.9 Å². The zero-order valence-corrected chi connectivity index (χ0v) is 46.7. The third-order valence-corrected chi connectivity index (χ3v) is 16.0. The predicted octanol–water partition coefficient (Wildman–Crippen LogP) is 14.2. The number of allylic oxidation sites excluding steroid dienone is 1. The topological polar surface area (TPSA) is 167 Å². The summed E-state index contributed by atoms with van der Waals surface area (Å²) in [4.78, 5) is 36.0. The molecule has 1 fully saturated rings. The first kappa shape index (κ1) is 60.4. The van der Waals surface area contributed by atoms with Crippen LogP contribution < -0.4 is 24.3 Å². The molecular formula is C62H95N3O11. The first-order chi connectivity index (χ1) is 37.3. The lowest BCUT2D eigenvalue weighted by atomic mass is 9.55. The summed E-state index contributed by atoms with van der Waals surface area (Å²) in [5, 5.41) is 27.8. The van der Waals surface area contributed by atoms with Crippen LogP contribution in [-0.4, -0.2) is 91.7 Å². The monoisotopic (exact) mass is 1060 g/mol. The van der Waals surface area contributed by atoms with Gasteiger partial charge in [0.2, 0.25) is 12.6 Å². The number of ether oxygens (including phenoxy) is 6. The molecule has 14 heteroatoms. The SMILES string of the molecule is C=CCO[C@@]12Oc3ccc(OC(=O)NCCCCCCCCCCCC)cc3[C@H]3[C@H](CCCCO)[C@@H](CCCCO)C=C(C(=NOC)C[C@@H]1N(Cc1ccc4c(c1)OCO4)C(=O)OCCCCCCCCCCCC)[C@H]32. The Bertz CT molecular complexity index is 2110. The fourth-order valence-corrected chi connectivity index (χ4v) is 12.1. The molecule has 0 unspecified atom stereocenters. The maximum absolute atomic E-state index is 15.1. The van der Waals surface area contributed by atoms with Crippen LogP contribution in [0.3, 0.4) is 0 Å². The van der Waals surface area contributed by atoms with Crippen LogP contribution in [0, 0.1) is 17.8 Å². The van der Waals surface area contributed by atoms with Gasteiger partial charge in [0.05, 0.1) is 24.8 Å². The number of hydrogen-bond acceptors (Lipinski definition) is 12. The number of carbonyl (C=O) groups is 2. The lowest BCUT2D eigenvalue weighted by Crippen LogP contribution is -2.70. The molecule has 14 nitrogen and oxygen atoms in total. The predicted molar refractivity (Wildman–Crippen MR) is 299 cm³/mol. The maximum Gasteiger partial charge on any atom is 0.412 e. The minimum Gasteiger partial charge on any atom is -0.459 e. The summed E-state index contributed by atoms with van der Waals surface area (Å²) in [5.74, 6) is -0.138. The third-order valence-electron chi connectivity index (χ3n) is 16.0. The van der Waals surface area contributed by atoms with E-state index in [1.165, 1.54) is 97.0 Å². The Kier molecular flexibility index (Phi) is 26.6. The summed E-state index contributed by atoms with van der Waals surface area (Å²) in [6, 6.07) is 10.5. The minimum atomic E-state index is -1.50. The highest BCUT2D eigenvalue weighted by atomic mass is 16.7. The van der Waals surface area contributed by atoms with Gasteiger partial charge in [-0.15, -0.1) is 6.58 Å². The molecule has 6 rings (SSSR count). The van der Waals surface area contributed by atoms with E-state index in [-0.39, 0.29) is 63.9 Å². The van der Waals surface area contributed by atoms with Crippen LogP contribution in [-0.2, 0) is 20.9 Å². The van der Waals surface area contributed by atoms with Gasteiger partial charge in [-0.25, -0.2) is 9.59 Å². The third kappa shape index (κ3) is 17.4. The lowest BCUT2D eigenvalue weighted by Gasteiger charge is -2.59. The van der Waals surface area contributed by atoms with Crippen LogP contribution in [0.2, 0.25) is 0 Å². The maximum atomic E-state index is 15.1. The van der Waals surface area contributed by atoms with Gasteiger partial charge in [0.25, 0.3) is 0 Å². The van der Waals surface area contributed by atoms with Crippen molar-refractivity contribution in [1.82, 2.24) is 10.2 Å². The molecule has 424 valence electrons. The standard InChI is InChI=1S/C62H95N3O11/c1-5-8-10-12-14-16-18-20-22-26-36-63-60(68)75-49-33-35-54-52(43-49)58-50(31-25-28-38-67)48(30-24-27-37-66)42-51-53(64-70-4)44-57(62(76-54,59(51)58)74-39-7-3)65(45-47-32-34-55-56(41-47)73-46-72-55)61(69)71-40-29-23-21-19-17-15-13-11-9-6-2/h7,32-35,41-43,48,50,57-59,66-67H,3,5-6,8-31,36-40,44-46H2,1-2,4H3,(H,63,68)/t48-,50+,57-,58+,59+,62+/m0/s1. The quantitative estimate of drug-likeness (QED) is 0.0333. The number of nitrogens with one attached hydrogen (secondary N) is 1. The molecule has 1 saturated carbocycles. The van der Waals surface area contributed by atoms with Gasteiger partial charge >= 0.3 is 12.2 Å². The average Bonchev–Trinajstić information content (AvgIpc) is 4.01. The summed E-state index contributed by atoms with van der Waals surface area (Å²) < 4.78 is 38.5. The largest absolute Gasteiger partial charge is 0.459 e. The Morgan fingerprint density at radius 1 is 0.776 bits per heavy atom. The molecule has 6 atom stereocenters. The molecule has 2 aliphatic heterocycles. The number of hydrogen-bond donors (Lipinski definition) is 3. The Labute approximate surface area is 455 Å². The molecule has 2 heterocycles. The number of amides is 2. The van der Waals surface area contributed by atoms with Crippen molar-refractivity contribution in [2.75, 3.05) is 46.9 Å². The van der Waals surface area contributed by atoms with E-state index in [0.29, 0.717) is 48.1 Å².